The number of benzene rings is 3. The number of phenols is 1. The number of tetrazole rings is 1. The summed E-state index contributed by atoms with van der Waals surface area (Å²) in [6, 6.07) is 18.2. The number of rotatable bonds is 6. The Bertz CT molecular complexity index is 1630. The summed E-state index contributed by atoms with van der Waals surface area (Å²) in [4.78, 5) is 13.4. The van der Waals surface area contributed by atoms with E-state index in [9.17, 15) is 9.90 Å². The van der Waals surface area contributed by atoms with Crippen LogP contribution in [0.2, 0.25) is 0 Å². The zero-order chi connectivity index (χ0) is 25.2. The zero-order valence-corrected chi connectivity index (χ0v) is 20.0. The predicted octanol–water partition coefficient (Wildman–Crippen LogP) is 5.31. The summed E-state index contributed by atoms with van der Waals surface area (Å²) >= 11 is 0. The molecule has 10 nitrogen and oxygen atoms in total. The molecule has 10 heteroatoms. The van der Waals surface area contributed by atoms with Gasteiger partial charge < -0.3 is 5.11 Å². The molecule has 36 heavy (non-hydrogen) atoms. The maximum Gasteiger partial charge on any atom is 0.299 e. The van der Waals surface area contributed by atoms with Crippen LogP contribution in [0.3, 0.4) is 0 Å². The van der Waals surface area contributed by atoms with Crippen molar-refractivity contribution in [2.75, 3.05) is 0 Å². The van der Waals surface area contributed by atoms with Gasteiger partial charge in [0, 0.05) is 11.1 Å². The maximum absolute atomic E-state index is 13.4. The van der Waals surface area contributed by atoms with Gasteiger partial charge in [-0.15, -0.1) is 20.4 Å². The molecule has 0 aliphatic carbocycles. The van der Waals surface area contributed by atoms with E-state index in [0.29, 0.717) is 40.3 Å². The topological polar surface area (TPSA) is 137 Å². The number of phenolic OH excluding ortho intramolecular Hbond substituents is 1. The minimum Gasteiger partial charge on any atom is -0.507 e. The fourth-order valence-electron chi connectivity index (χ4n) is 4.00. The van der Waals surface area contributed by atoms with Crippen molar-refractivity contribution < 1.29 is 5.11 Å². The normalized spacial score (nSPS) is 11.4. The van der Waals surface area contributed by atoms with Crippen LogP contribution >= 0.6 is 0 Å². The van der Waals surface area contributed by atoms with Gasteiger partial charge in [0.05, 0.1) is 16.9 Å². The van der Waals surface area contributed by atoms with Crippen LogP contribution in [0.25, 0.3) is 28.2 Å². The first-order chi connectivity index (χ1) is 17.5. The third-order valence-electron chi connectivity index (χ3n) is 6.11. The summed E-state index contributed by atoms with van der Waals surface area (Å²) in [6.45, 7) is 5.97. The number of para-hydroxylation sites is 1. The molecule has 180 valence electrons. The predicted molar refractivity (Wildman–Crippen MR) is 136 cm³/mol. The lowest BCUT2D eigenvalue weighted by molar-refractivity contribution is 0.477. The fourth-order valence-corrected chi connectivity index (χ4v) is 4.00. The Morgan fingerprint density at radius 3 is 2.39 bits per heavy atom. The van der Waals surface area contributed by atoms with E-state index >= 15 is 0 Å². The van der Waals surface area contributed by atoms with E-state index in [1.54, 1.807) is 24.3 Å². The van der Waals surface area contributed by atoms with Crippen molar-refractivity contribution in [2.45, 2.75) is 27.2 Å². The molecule has 3 N–H and O–H groups in total. The molecule has 3 aromatic carbocycles. The van der Waals surface area contributed by atoms with Gasteiger partial charge in [-0.2, -0.15) is 5.21 Å². The molecule has 0 amide bonds. The van der Waals surface area contributed by atoms with Gasteiger partial charge in [-0.1, -0.05) is 43.3 Å². The highest BCUT2D eigenvalue weighted by molar-refractivity contribution is 5.88. The van der Waals surface area contributed by atoms with Crippen LogP contribution in [0.5, 0.6) is 5.75 Å². The molecule has 0 aliphatic rings. The van der Waals surface area contributed by atoms with Gasteiger partial charge in [0.2, 0.25) is 5.82 Å². The van der Waals surface area contributed by atoms with Crippen molar-refractivity contribution in [3.05, 3.63) is 87.8 Å². The number of aromatic nitrogens is 6. The van der Waals surface area contributed by atoms with Gasteiger partial charge in [-0.25, -0.2) is 4.68 Å². The van der Waals surface area contributed by atoms with E-state index in [1.807, 2.05) is 57.2 Å². The SMILES string of the molecule is CCc1[nH]n(-c2ccc(C)c(C)c2)c(=O)c1N=Nc1c(-c2nn[nH]n2)cccc1-c1ccccc1O. The molecule has 0 atom stereocenters. The summed E-state index contributed by atoms with van der Waals surface area (Å²) in [7, 11) is 0. The molecule has 2 aromatic heterocycles. The standard InChI is InChI=1S/C26H24N8O2/c1-4-21-24(26(36)34(31-21)17-13-12-15(2)16(3)14-17)28-27-23-19(18-8-5-6-11-22(18)35)9-7-10-20(23)25-29-32-33-30-25/h5-14,31,35H,4H2,1-3H3,(H,29,30,32,33). The van der Waals surface area contributed by atoms with Gasteiger partial charge in [-0.3, -0.25) is 9.89 Å². The van der Waals surface area contributed by atoms with E-state index in [2.05, 4.69) is 36.0 Å². The number of hydrogen-bond donors (Lipinski definition) is 3. The van der Waals surface area contributed by atoms with Crippen molar-refractivity contribution in [2.24, 2.45) is 10.2 Å². The van der Waals surface area contributed by atoms with E-state index in [1.165, 1.54) is 4.68 Å². The van der Waals surface area contributed by atoms with E-state index < -0.39 is 0 Å². The summed E-state index contributed by atoms with van der Waals surface area (Å²) in [5.41, 5.74) is 5.64. The van der Waals surface area contributed by atoms with Crippen LogP contribution in [-0.4, -0.2) is 35.5 Å². The largest absolute Gasteiger partial charge is 0.507 e. The van der Waals surface area contributed by atoms with Crippen LogP contribution in [0.1, 0.15) is 23.7 Å². The number of H-pyrrole nitrogens is 2. The molecule has 0 aliphatic heterocycles. The minimum atomic E-state index is -0.306. The van der Waals surface area contributed by atoms with Crippen LogP contribution < -0.4 is 5.56 Å². The second-order valence-corrected chi connectivity index (χ2v) is 8.36. The molecule has 0 spiro atoms. The second-order valence-electron chi connectivity index (χ2n) is 8.36. The van der Waals surface area contributed by atoms with Gasteiger partial charge in [0.15, 0.2) is 5.69 Å². The molecule has 0 fully saturated rings. The van der Waals surface area contributed by atoms with Crippen molar-refractivity contribution in [3.8, 4) is 34.0 Å². The van der Waals surface area contributed by atoms with Crippen LogP contribution in [-0.2, 0) is 6.42 Å². The second kappa shape index (κ2) is 9.41. The molecule has 0 bridgehead atoms. The summed E-state index contributed by atoms with van der Waals surface area (Å²) in [5, 5.41) is 36.9. The lowest BCUT2D eigenvalue weighted by Crippen LogP contribution is -2.14. The van der Waals surface area contributed by atoms with Crippen LogP contribution in [0.15, 0.2) is 75.7 Å². The first kappa shape index (κ1) is 22.9. The van der Waals surface area contributed by atoms with Crippen molar-refractivity contribution in [1.82, 2.24) is 30.4 Å². The number of azo groups is 1. The van der Waals surface area contributed by atoms with Crippen molar-refractivity contribution in [1.29, 1.82) is 0 Å². The average Bonchev–Trinajstić information content (AvgIpc) is 3.53. The Hall–Kier alpha value is -4.86. The Morgan fingerprint density at radius 1 is 0.917 bits per heavy atom. The quantitative estimate of drug-likeness (QED) is 0.283. The van der Waals surface area contributed by atoms with Crippen LogP contribution in [0.4, 0.5) is 11.4 Å². The summed E-state index contributed by atoms with van der Waals surface area (Å²) in [5.74, 6) is 0.408. The molecule has 0 saturated heterocycles. The number of hydrogen-bond acceptors (Lipinski definition) is 7. The van der Waals surface area contributed by atoms with Gasteiger partial charge >= 0.3 is 0 Å². The minimum absolute atomic E-state index is 0.0900. The third kappa shape index (κ3) is 4.09. The Morgan fingerprint density at radius 2 is 1.67 bits per heavy atom. The first-order valence-electron chi connectivity index (χ1n) is 11.5. The van der Waals surface area contributed by atoms with E-state index in [4.69, 9.17) is 0 Å². The number of aromatic amines is 2. The molecule has 5 rings (SSSR count). The lowest BCUT2D eigenvalue weighted by Gasteiger charge is -2.10. The highest BCUT2D eigenvalue weighted by Crippen LogP contribution is 2.41. The average molecular weight is 481 g/mol. The molecular weight excluding hydrogens is 456 g/mol. The van der Waals surface area contributed by atoms with E-state index in [-0.39, 0.29) is 17.0 Å². The third-order valence-corrected chi connectivity index (χ3v) is 6.11. The summed E-state index contributed by atoms with van der Waals surface area (Å²) < 4.78 is 1.48. The van der Waals surface area contributed by atoms with E-state index in [0.717, 1.165) is 16.8 Å². The Balaban J connectivity index is 1.67. The zero-order valence-electron chi connectivity index (χ0n) is 20.0. The molecule has 0 radical (unpaired) electrons. The van der Waals surface area contributed by atoms with Crippen molar-refractivity contribution in [3.63, 3.8) is 0 Å². The highest BCUT2D eigenvalue weighted by atomic mass is 16.3. The Kier molecular flexibility index (Phi) is 5.99. The molecule has 0 saturated carbocycles. The van der Waals surface area contributed by atoms with Crippen LogP contribution in [0, 0.1) is 13.8 Å². The number of aromatic hydroxyl groups is 1. The van der Waals surface area contributed by atoms with Gasteiger partial charge in [0.1, 0.15) is 11.4 Å². The molecule has 2 heterocycles. The van der Waals surface area contributed by atoms with Gasteiger partial charge in [-0.05, 0) is 60.9 Å². The number of aryl methyl sites for hydroxylation is 3. The number of nitrogens with zero attached hydrogens (tertiary/aromatic N) is 6. The first-order valence-corrected chi connectivity index (χ1v) is 11.5. The van der Waals surface area contributed by atoms with Gasteiger partial charge in [0.25, 0.3) is 5.56 Å². The molecule has 0 unspecified atom stereocenters. The monoisotopic (exact) mass is 480 g/mol. The fraction of sp³-hybridized carbons (Fsp3) is 0.154. The number of nitrogens with one attached hydrogen (secondary N) is 2. The summed E-state index contributed by atoms with van der Waals surface area (Å²) in [6.07, 6.45) is 0.556. The Labute approximate surface area is 206 Å². The maximum atomic E-state index is 13.4. The molecule has 5 aromatic rings. The smallest absolute Gasteiger partial charge is 0.299 e. The van der Waals surface area contributed by atoms with Crippen molar-refractivity contribution >= 4 is 11.4 Å². The lowest BCUT2D eigenvalue weighted by atomic mass is 9.99. The highest BCUT2D eigenvalue weighted by Gasteiger charge is 2.19. The molecular formula is C26H24N8O2.